The summed E-state index contributed by atoms with van der Waals surface area (Å²) in [5.41, 5.74) is 2.71. The molecule has 1 aromatic carbocycles. The summed E-state index contributed by atoms with van der Waals surface area (Å²) in [6.07, 6.45) is 0.632. The second-order valence-corrected chi connectivity index (χ2v) is 8.00. The van der Waals surface area contributed by atoms with Gasteiger partial charge in [-0.2, -0.15) is 11.3 Å². The highest BCUT2D eigenvalue weighted by Crippen LogP contribution is 2.30. The number of benzene rings is 1. The summed E-state index contributed by atoms with van der Waals surface area (Å²) < 4.78 is 25.6. The van der Waals surface area contributed by atoms with Crippen LogP contribution in [0, 0.1) is 6.92 Å². The molecule has 3 rings (SSSR count). The van der Waals surface area contributed by atoms with Crippen molar-refractivity contribution in [2.75, 3.05) is 21.9 Å². The van der Waals surface area contributed by atoms with Crippen molar-refractivity contribution in [1.82, 2.24) is 0 Å². The molecule has 0 spiro atoms. The fourth-order valence-corrected chi connectivity index (χ4v) is 4.72. The number of anilines is 2. The second-order valence-electron chi connectivity index (χ2n) is 5.21. The minimum atomic E-state index is -3.23. The Morgan fingerprint density at radius 1 is 1.32 bits per heavy atom. The molecule has 1 aromatic heterocycles. The van der Waals surface area contributed by atoms with Gasteiger partial charge in [-0.3, -0.25) is 9.10 Å². The molecule has 22 heavy (non-hydrogen) atoms. The Morgan fingerprint density at radius 2 is 2.14 bits per heavy atom. The molecule has 1 N–H and O–H groups in total. The maximum absolute atomic E-state index is 12.1. The van der Waals surface area contributed by atoms with Gasteiger partial charge in [0.25, 0.3) is 5.91 Å². The number of carbonyl (C=O) groups is 1. The Hall–Kier alpha value is -1.86. The Morgan fingerprint density at radius 3 is 2.77 bits per heavy atom. The topological polar surface area (TPSA) is 66.5 Å². The van der Waals surface area contributed by atoms with Gasteiger partial charge < -0.3 is 5.32 Å². The molecule has 1 aliphatic rings. The Kier molecular flexibility index (Phi) is 3.92. The van der Waals surface area contributed by atoms with Crippen LogP contribution in [0.5, 0.6) is 0 Å². The maximum atomic E-state index is 12.1. The van der Waals surface area contributed by atoms with Gasteiger partial charge in [0.1, 0.15) is 0 Å². The number of thiophene rings is 1. The third kappa shape index (κ3) is 2.86. The van der Waals surface area contributed by atoms with Crippen molar-refractivity contribution < 1.29 is 13.2 Å². The number of sulfonamides is 1. The van der Waals surface area contributed by atoms with Gasteiger partial charge in [0.05, 0.1) is 17.0 Å². The van der Waals surface area contributed by atoms with Crippen LogP contribution in [0.25, 0.3) is 0 Å². The van der Waals surface area contributed by atoms with Crippen LogP contribution in [0.3, 0.4) is 0 Å². The number of aryl methyl sites for hydroxylation is 1. The second kappa shape index (κ2) is 5.73. The van der Waals surface area contributed by atoms with Crippen molar-refractivity contribution in [3.05, 3.63) is 46.2 Å². The number of nitrogens with zero attached hydrogens (tertiary/aromatic N) is 1. The largest absolute Gasteiger partial charge is 0.322 e. The van der Waals surface area contributed by atoms with E-state index in [-0.39, 0.29) is 11.7 Å². The third-order valence-corrected chi connectivity index (χ3v) is 6.16. The third-order valence-electron chi connectivity index (χ3n) is 3.62. The van der Waals surface area contributed by atoms with Crippen LogP contribution in [0.4, 0.5) is 11.4 Å². The molecule has 116 valence electrons. The van der Waals surface area contributed by atoms with Crippen molar-refractivity contribution in [3.8, 4) is 0 Å². The highest BCUT2D eigenvalue weighted by molar-refractivity contribution is 7.93. The number of carbonyl (C=O) groups excluding carboxylic acids is 1. The highest BCUT2D eigenvalue weighted by Gasteiger charge is 2.29. The molecule has 0 radical (unpaired) electrons. The highest BCUT2D eigenvalue weighted by atomic mass is 32.2. The monoisotopic (exact) mass is 336 g/mol. The lowest BCUT2D eigenvalue weighted by Gasteiger charge is -2.20. The summed E-state index contributed by atoms with van der Waals surface area (Å²) in [5, 5.41) is 6.42. The lowest BCUT2D eigenvalue weighted by atomic mass is 10.1. The molecule has 1 saturated heterocycles. The van der Waals surface area contributed by atoms with E-state index in [1.54, 1.807) is 23.6 Å². The molecule has 2 aromatic rings. The molecule has 5 nitrogen and oxygen atoms in total. The minimum absolute atomic E-state index is 0.179. The van der Waals surface area contributed by atoms with Gasteiger partial charge in [-0.15, -0.1) is 0 Å². The number of amides is 1. The van der Waals surface area contributed by atoms with Gasteiger partial charge in [0.2, 0.25) is 10.0 Å². The molecule has 0 bridgehead atoms. The average Bonchev–Trinajstić information content (AvgIpc) is 3.10. The number of rotatable bonds is 3. The molecule has 0 unspecified atom stereocenters. The molecule has 1 fully saturated rings. The Labute approximate surface area is 133 Å². The predicted octanol–water partition coefficient (Wildman–Crippen LogP) is 2.85. The first-order chi connectivity index (χ1) is 10.5. The summed E-state index contributed by atoms with van der Waals surface area (Å²) in [4.78, 5) is 12.1. The molecule has 2 heterocycles. The first-order valence-corrected chi connectivity index (χ1v) is 9.47. The van der Waals surface area contributed by atoms with Gasteiger partial charge >= 0.3 is 0 Å². The summed E-state index contributed by atoms with van der Waals surface area (Å²) in [6.45, 7) is 2.36. The normalized spacial score (nSPS) is 16.7. The van der Waals surface area contributed by atoms with Crippen molar-refractivity contribution in [2.24, 2.45) is 0 Å². The van der Waals surface area contributed by atoms with E-state index < -0.39 is 10.0 Å². The van der Waals surface area contributed by atoms with Crippen LogP contribution in [0.2, 0.25) is 0 Å². The van der Waals surface area contributed by atoms with Crippen molar-refractivity contribution in [2.45, 2.75) is 13.3 Å². The van der Waals surface area contributed by atoms with E-state index in [0.717, 1.165) is 5.56 Å². The van der Waals surface area contributed by atoms with Gasteiger partial charge in [0, 0.05) is 17.6 Å². The van der Waals surface area contributed by atoms with Gasteiger partial charge in [-0.25, -0.2) is 8.42 Å². The van der Waals surface area contributed by atoms with Gasteiger partial charge in [0.15, 0.2) is 0 Å². The lowest BCUT2D eigenvalue weighted by molar-refractivity contribution is 0.102. The van der Waals surface area contributed by atoms with Gasteiger partial charge in [-0.1, -0.05) is 6.07 Å². The molecular weight excluding hydrogens is 320 g/mol. The zero-order chi connectivity index (χ0) is 15.7. The van der Waals surface area contributed by atoms with Crippen LogP contribution in [0.15, 0.2) is 35.0 Å². The Balaban J connectivity index is 1.89. The number of nitrogens with one attached hydrogen (secondary N) is 1. The minimum Gasteiger partial charge on any atom is -0.322 e. The zero-order valence-corrected chi connectivity index (χ0v) is 13.7. The van der Waals surface area contributed by atoms with Crippen LogP contribution < -0.4 is 9.62 Å². The predicted molar refractivity (Wildman–Crippen MR) is 89.2 cm³/mol. The van der Waals surface area contributed by atoms with E-state index in [1.165, 1.54) is 15.6 Å². The smallest absolute Gasteiger partial charge is 0.256 e. The maximum Gasteiger partial charge on any atom is 0.256 e. The molecule has 0 aliphatic carbocycles. The van der Waals surface area contributed by atoms with Crippen LogP contribution in [0.1, 0.15) is 22.3 Å². The van der Waals surface area contributed by atoms with Crippen molar-refractivity contribution in [1.29, 1.82) is 0 Å². The standard InChI is InChI=1S/C15H16N2O3S2/c1-11-3-4-13(16-15(18)12-5-7-21-10-12)9-14(11)17-6-2-8-22(17,19)20/h3-5,7,9-10H,2,6,8H2,1H3,(H,16,18). The summed E-state index contributed by atoms with van der Waals surface area (Å²) >= 11 is 1.46. The fraction of sp³-hybridized carbons (Fsp3) is 0.267. The van der Waals surface area contributed by atoms with Crippen LogP contribution >= 0.6 is 11.3 Å². The van der Waals surface area contributed by atoms with E-state index >= 15 is 0 Å². The first-order valence-electron chi connectivity index (χ1n) is 6.92. The SMILES string of the molecule is Cc1ccc(NC(=O)c2ccsc2)cc1N1CCCS1(=O)=O. The quantitative estimate of drug-likeness (QED) is 0.937. The summed E-state index contributed by atoms with van der Waals surface area (Å²) in [6, 6.07) is 7.08. The molecule has 1 aliphatic heterocycles. The molecule has 0 atom stereocenters. The first kappa shape index (κ1) is 15.1. The van der Waals surface area contributed by atoms with Crippen LogP contribution in [-0.2, 0) is 10.0 Å². The molecule has 7 heteroatoms. The van der Waals surface area contributed by atoms with E-state index in [0.29, 0.717) is 29.9 Å². The van der Waals surface area contributed by atoms with Crippen molar-refractivity contribution in [3.63, 3.8) is 0 Å². The Bertz CT molecular complexity index is 798. The van der Waals surface area contributed by atoms with Crippen molar-refractivity contribution >= 4 is 38.6 Å². The van der Waals surface area contributed by atoms with Crippen LogP contribution in [-0.4, -0.2) is 26.6 Å². The molecule has 0 saturated carbocycles. The zero-order valence-electron chi connectivity index (χ0n) is 12.1. The molecule has 1 amide bonds. The van der Waals surface area contributed by atoms with E-state index in [2.05, 4.69) is 5.32 Å². The fourth-order valence-electron chi connectivity index (χ4n) is 2.46. The number of hydrogen-bond acceptors (Lipinski definition) is 4. The number of hydrogen-bond donors (Lipinski definition) is 1. The average molecular weight is 336 g/mol. The van der Waals surface area contributed by atoms with Gasteiger partial charge in [-0.05, 0) is 42.5 Å². The lowest BCUT2D eigenvalue weighted by Crippen LogP contribution is -2.26. The van der Waals surface area contributed by atoms with E-state index in [9.17, 15) is 13.2 Å². The summed E-state index contributed by atoms with van der Waals surface area (Å²) in [7, 11) is -3.23. The molecular formula is C15H16N2O3S2. The van der Waals surface area contributed by atoms with E-state index in [4.69, 9.17) is 0 Å². The summed E-state index contributed by atoms with van der Waals surface area (Å²) in [5.74, 6) is -0.0156. The van der Waals surface area contributed by atoms with E-state index in [1.807, 2.05) is 18.4 Å².